The largest absolute Gasteiger partial charge is 0.322 e. The van der Waals surface area contributed by atoms with Crippen LogP contribution in [0.2, 0.25) is 0 Å². The van der Waals surface area contributed by atoms with Gasteiger partial charge >= 0.3 is 0 Å². The third-order valence-corrected chi connectivity index (χ3v) is 2.91. The maximum absolute atomic E-state index is 12.0. The van der Waals surface area contributed by atoms with Crippen LogP contribution in [0.4, 0.5) is 5.69 Å². The topological polar surface area (TPSA) is 42.0 Å². The maximum Gasteiger partial charge on any atom is 0.257 e. The van der Waals surface area contributed by atoms with E-state index in [1.165, 1.54) is 5.56 Å². The van der Waals surface area contributed by atoms with Crippen molar-refractivity contribution in [1.29, 1.82) is 0 Å². The van der Waals surface area contributed by atoms with Crippen LogP contribution in [-0.2, 0) is 5.41 Å². The van der Waals surface area contributed by atoms with E-state index in [0.717, 1.165) is 5.69 Å². The monoisotopic (exact) mass is 254 g/mol. The Hall–Kier alpha value is -2.16. The first kappa shape index (κ1) is 13.3. The molecule has 98 valence electrons. The summed E-state index contributed by atoms with van der Waals surface area (Å²) in [5.74, 6) is -0.140. The van der Waals surface area contributed by atoms with E-state index in [0.29, 0.717) is 5.56 Å². The van der Waals surface area contributed by atoms with Gasteiger partial charge in [-0.1, -0.05) is 32.9 Å². The lowest BCUT2D eigenvalue weighted by Crippen LogP contribution is -2.14. The molecule has 0 unspecified atom stereocenters. The van der Waals surface area contributed by atoms with Gasteiger partial charge in [-0.25, -0.2) is 0 Å². The summed E-state index contributed by atoms with van der Waals surface area (Å²) >= 11 is 0. The molecule has 19 heavy (non-hydrogen) atoms. The molecule has 1 amide bonds. The van der Waals surface area contributed by atoms with Crippen LogP contribution >= 0.6 is 0 Å². The Balaban J connectivity index is 2.18. The first-order valence-electron chi connectivity index (χ1n) is 6.29. The van der Waals surface area contributed by atoms with Gasteiger partial charge in [-0.15, -0.1) is 0 Å². The second kappa shape index (κ2) is 5.22. The quantitative estimate of drug-likeness (QED) is 0.889. The van der Waals surface area contributed by atoms with Crippen molar-refractivity contribution in [3.63, 3.8) is 0 Å². The number of amides is 1. The molecule has 0 radical (unpaired) electrons. The molecular formula is C16H18N2O. The number of nitrogens with zero attached hydrogens (tertiary/aromatic N) is 1. The van der Waals surface area contributed by atoms with E-state index < -0.39 is 0 Å². The van der Waals surface area contributed by atoms with Crippen molar-refractivity contribution in [3.05, 3.63) is 59.9 Å². The molecular weight excluding hydrogens is 236 g/mol. The van der Waals surface area contributed by atoms with Gasteiger partial charge in [0, 0.05) is 18.1 Å². The summed E-state index contributed by atoms with van der Waals surface area (Å²) < 4.78 is 0. The van der Waals surface area contributed by atoms with Gasteiger partial charge in [-0.05, 0) is 35.2 Å². The minimum atomic E-state index is -0.140. The Bertz CT molecular complexity index is 571. The van der Waals surface area contributed by atoms with Crippen LogP contribution in [0.25, 0.3) is 0 Å². The number of benzene rings is 1. The van der Waals surface area contributed by atoms with E-state index in [4.69, 9.17) is 0 Å². The van der Waals surface area contributed by atoms with Crippen LogP contribution in [0.15, 0.2) is 48.8 Å². The van der Waals surface area contributed by atoms with Gasteiger partial charge < -0.3 is 5.32 Å². The highest BCUT2D eigenvalue weighted by atomic mass is 16.1. The van der Waals surface area contributed by atoms with Crippen molar-refractivity contribution in [2.24, 2.45) is 0 Å². The first-order chi connectivity index (χ1) is 8.97. The van der Waals surface area contributed by atoms with E-state index in [9.17, 15) is 4.79 Å². The summed E-state index contributed by atoms with van der Waals surface area (Å²) in [6, 6.07) is 11.4. The normalized spacial score (nSPS) is 11.1. The molecule has 0 atom stereocenters. The molecule has 0 saturated heterocycles. The summed E-state index contributed by atoms with van der Waals surface area (Å²) in [6.45, 7) is 6.44. The Morgan fingerprint density at radius 1 is 1.16 bits per heavy atom. The second-order valence-corrected chi connectivity index (χ2v) is 5.53. The highest BCUT2D eigenvalue weighted by molar-refractivity contribution is 6.04. The molecule has 0 aliphatic rings. The standard InChI is InChI=1S/C16H18N2O/c1-16(2,3)13-7-4-8-14(10-13)18-15(19)12-6-5-9-17-11-12/h4-11H,1-3H3,(H,18,19). The second-order valence-electron chi connectivity index (χ2n) is 5.53. The smallest absolute Gasteiger partial charge is 0.257 e. The van der Waals surface area contributed by atoms with E-state index >= 15 is 0 Å². The molecule has 3 heteroatoms. The number of aromatic nitrogens is 1. The number of anilines is 1. The van der Waals surface area contributed by atoms with E-state index in [1.54, 1.807) is 24.5 Å². The zero-order valence-electron chi connectivity index (χ0n) is 11.5. The fraction of sp³-hybridized carbons (Fsp3) is 0.250. The fourth-order valence-electron chi connectivity index (χ4n) is 1.76. The van der Waals surface area contributed by atoms with Gasteiger partial charge in [-0.2, -0.15) is 0 Å². The van der Waals surface area contributed by atoms with Crippen molar-refractivity contribution in [2.45, 2.75) is 26.2 Å². The van der Waals surface area contributed by atoms with Crippen LogP contribution in [0.1, 0.15) is 36.7 Å². The Labute approximate surface area is 113 Å². The van der Waals surface area contributed by atoms with Crippen LogP contribution in [-0.4, -0.2) is 10.9 Å². The van der Waals surface area contributed by atoms with Crippen molar-refractivity contribution >= 4 is 11.6 Å². The summed E-state index contributed by atoms with van der Waals surface area (Å²) in [4.78, 5) is 16.0. The minimum Gasteiger partial charge on any atom is -0.322 e. The average Bonchev–Trinajstić information content (AvgIpc) is 2.39. The van der Waals surface area contributed by atoms with E-state index in [1.807, 2.05) is 18.2 Å². The van der Waals surface area contributed by atoms with E-state index in [-0.39, 0.29) is 11.3 Å². The predicted octanol–water partition coefficient (Wildman–Crippen LogP) is 3.63. The first-order valence-corrected chi connectivity index (χ1v) is 6.29. The van der Waals surface area contributed by atoms with Crippen LogP contribution in [0, 0.1) is 0 Å². The fourth-order valence-corrected chi connectivity index (χ4v) is 1.76. The summed E-state index contributed by atoms with van der Waals surface area (Å²) in [7, 11) is 0. The molecule has 1 aromatic carbocycles. The van der Waals surface area contributed by atoms with Crippen LogP contribution in [0.5, 0.6) is 0 Å². The molecule has 2 rings (SSSR count). The van der Waals surface area contributed by atoms with Crippen molar-refractivity contribution in [1.82, 2.24) is 4.98 Å². The van der Waals surface area contributed by atoms with Gasteiger partial charge in [0.05, 0.1) is 5.56 Å². The van der Waals surface area contributed by atoms with Crippen LogP contribution < -0.4 is 5.32 Å². The molecule has 1 N–H and O–H groups in total. The lowest BCUT2D eigenvalue weighted by atomic mass is 9.87. The summed E-state index contributed by atoms with van der Waals surface area (Å²) in [5.41, 5.74) is 2.62. The third kappa shape index (κ3) is 3.41. The van der Waals surface area contributed by atoms with Gasteiger partial charge in [-0.3, -0.25) is 9.78 Å². The van der Waals surface area contributed by atoms with Gasteiger partial charge in [0.15, 0.2) is 0 Å². The molecule has 0 spiro atoms. The minimum absolute atomic E-state index is 0.0645. The molecule has 0 aliphatic heterocycles. The molecule has 1 aromatic heterocycles. The molecule has 0 aliphatic carbocycles. The Morgan fingerprint density at radius 2 is 1.95 bits per heavy atom. The Morgan fingerprint density at radius 3 is 2.58 bits per heavy atom. The van der Waals surface area contributed by atoms with Gasteiger partial charge in [0.1, 0.15) is 0 Å². The van der Waals surface area contributed by atoms with Gasteiger partial charge in [0.2, 0.25) is 0 Å². The molecule has 1 heterocycles. The van der Waals surface area contributed by atoms with Crippen molar-refractivity contribution < 1.29 is 4.79 Å². The third-order valence-electron chi connectivity index (χ3n) is 2.91. The number of nitrogens with one attached hydrogen (secondary N) is 1. The zero-order chi connectivity index (χ0) is 13.9. The number of carbonyl (C=O) groups excluding carboxylic acids is 1. The zero-order valence-corrected chi connectivity index (χ0v) is 11.5. The SMILES string of the molecule is CC(C)(C)c1cccc(NC(=O)c2cccnc2)c1. The lowest BCUT2D eigenvalue weighted by molar-refractivity contribution is 0.102. The molecule has 2 aromatic rings. The summed E-state index contributed by atoms with van der Waals surface area (Å²) in [6.07, 6.45) is 3.21. The molecule has 0 bridgehead atoms. The molecule has 0 saturated carbocycles. The van der Waals surface area contributed by atoms with Crippen LogP contribution in [0.3, 0.4) is 0 Å². The number of hydrogen-bond donors (Lipinski definition) is 1. The van der Waals surface area contributed by atoms with Gasteiger partial charge in [0.25, 0.3) is 5.91 Å². The lowest BCUT2D eigenvalue weighted by Gasteiger charge is -2.19. The van der Waals surface area contributed by atoms with E-state index in [2.05, 4.69) is 37.1 Å². The maximum atomic E-state index is 12.0. The number of hydrogen-bond acceptors (Lipinski definition) is 2. The number of carbonyl (C=O) groups is 1. The van der Waals surface area contributed by atoms with Crippen molar-refractivity contribution in [2.75, 3.05) is 5.32 Å². The van der Waals surface area contributed by atoms with Crippen molar-refractivity contribution in [3.8, 4) is 0 Å². The summed E-state index contributed by atoms with van der Waals surface area (Å²) in [5, 5.41) is 2.89. The average molecular weight is 254 g/mol. The predicted molar refractivity (Wildman–Crippen MR) is 77.3 cm³/mol. The number of rotatable bonds is 2. The molecule has 0 fully saturated rings. The highest BCUT2D eigenvalue weighted by Gasteiger charge is 2.14. The number of pyridine rings is 1. The molecule has 3 nitrogen and oxygen atoms in total. The Kier molecular flexibility index (Phi) is 3.65. The highest BCUT2D eigenvalue weighted by Crippen LogP contribution is 2.24.